The van der Waals surface area contributed by atoms with Crippen LogP contribution in [0.15, 0.2) is 46.9 Å². The van der Waals surface area contributed by atoms with Gasteiger partial charge in [0.1, 0.15) is 0 Å². The first-order chi connectivity index (χ1) is 12.0. The number of aryl methyl sites for hydroxylation is 2. The van der Waals surface area contributed by atoms with Gasteiger partial charge in [0.15, 0.2) is 5.11 Å². The number of anilines is 2. The zero-order valence-electron chi connectivity index (χ0n) is 15.1. The van der Waals surface area contributed by atoms with Gasteiger partial charge in [-0.05, 0) is 75.3 Å². The lowest BCUT2D eigenvalue weighted by atomic mass is 10.2. The third-order valence-electron chi connectivity index (χ3n) is 4.09. The number of rotatable bonds is 7. The third kappa shape index (κ3) is 6.33. The summed E-state index contributed by atoms with van der Waals surface area (Å²) in [5, 5.41) is 7.19. The van der Waals surface area contributed by atoms with E-state index in [-0.39, 0.29) is 0 Å². The molecule has 0 saturated carbocycles. The average Bonchev–Trinajstić information content (AvgIpc) is 2.59. The van der Waals surface area contributed by atoms with Crippen molar-refractivity contribution in [2.45, 2.75) is 27.2 Å². The summed E-state index contributed by atoms with van der Waals surface area (Å²) in [4.78, 5) is 2.38. The van der Waals surface area contributed by atoms with Crippen LogP contribution >= 0.6 is 28.1 Å². The molecule has 2 rings (SSSR count). The first kappa shape index (κ1) is 19.7. The van der Waals surface area contributed by atoms with Crippen molar-refractivity contribution in [2.24, 2.45) is 0 Å². The topological polar surface area (TPSA) is 27.3 Å². The van der Waals surface area contributed by atoms with Crippen molar-refractivity contribution in [1.29, 1.82) is 0 Å². The molecule has 0 aliphatic carbocycles. The summed E-state index contributed by atoms with van der Waals surface area (Å²) in [7, 11) is 0. The summed E-state index contributed by atoms with van der Waals surface area (Å²) >= 11 is 8.89. The van der Waals surface area contributed by atoms with Crippen molar-refractivity contribution in [3.8, 4) is 0 Å². The fourth-order valence-corrected chi connectivity index (χ4v) is 3.06. The van der Waals surface area contributed by atoms with E-state index in [2.05, 4.69) is 82.6 Å². The van der Waals surface area contributed by atoms with Crippen LogP contribution in [-0.2, 0) is 0 Å². The second-order valence-electron chi connectivity index (χ2n) is 6.11. The molecule has 5 heteroatoms. The average molecular weight is 420 g/mol. The Labute approximate surface area is 164 Å². The fraction of sp³-hybridized carbons (Fsp3) is 0.350. The molecule has 3 nitrogen and oxygen atoms in total. The Morgan fingerprint density at radius 2 is 1.84 bits per heavy atom. The van der Waals surface area contributed by atoms with E-state index >= 15 is 0 Å². The molecular weight excluding hydrogens is 394 g/mol. The zero-order chi connectivity index (χ0) is 18.2. The predicted molar refractivity (Wildman–Crippen MR) is 117 cm³/mol. The van der Waals surface area contributed by atoms with Crippen molar-refractivity contribution in [1.82, 2.24) is 5.32 Å². The van der Waals surface area contributed by atoms with Gasteiger partial charge in [-0.2, -0.15) is 0 Å². The summed E-state index contributed by atoms with van der Waals surface area (Å²) < 4.78 is 1.10. The maximum Gasteiger partial charge on any atom is 0.170 e. The van der Waals surface area contributed by atoms with E-state index in [1.165, 1.54) is 16.8 Å². The number of thiocarbonyl (C=S) groups is 1. The fourth-order valence-electron chi connectivity index (χ4n) is 2.59. The van der Waals surface area contributed by atoms with Gasteiger partial charge in [-0.3, -0.25) is 0 Å². The Morgan fingerprint density at radius 1 is 1.12 bits per heavy atom. The Morgan fingerprint density at radius 3 is 2.48 bits per heavy atom. The van der Waals surface area contributed by atoms with Gasteiger partial charge in [0, 0.05) is 35.5 Å². The lowest BCUT2D eigenvalue weighted by Gasteiger charge is -2.23. The van der Waals surface area contributed by atoms with Gasteiger partial charge in [-0.15, -0.1) is 0 Å². The molecule has 25 heavy (non-hydrogen) atoms. The summed E-state index contributed by atoms with van der Waals surface area (Å²) in [5.41, 5.74) is 4.76. The van der Waals surface area contributed by atoms with E-state index in [0.717, 1.165) is 36.2 Å². The number of nitrogens with one attached hydrogen (secondary N) is 2. The van der Waals surface area contributed by atoms with Crippen LogP contribution in [0.25, 0.3) is 0 Å². The van der Waals surface area contributed by atoms with E-state index in [4.69, 9.17) is 12.2 Å². The van der Waals surface area contributed by atoms with Gasteiger partial charge in [0.05, 0.1) is 0 Å². The zero-order valence-corrected chi connectivity index (χ0v) is 17.5. The maximum absolute atomic E-state index is 5.38. The lowest BCUT2D eigenvalue weighted by Crippen LogP contribution is -2.32. The minimum absolute atomic E-state index is 0.667. The normalized spacial score (nSPS) is 10.4. The molecule has 0 spiro atoms. The quantitative estimate of drug-likeness (QED) is 0.472. The second-order valence-corrected chi connectivity index (χ2v) is 7.38. The van der Waals surface area contributed by atoms with Crippen LogP contribution in [0.2, 0.25) is 0 Å². The highest BCUT2D eigenvalue weighted by atomic mass is 79.9. The van der Waals surface area contributed by atoms with Gasteiger partial charge in [0.25, 0.3) is 0 Å². The Balaban J connectivity index is 1.74. The molecule has 134 valence electrons. The third-order valence-corrected chi connectivity index (χ3v) is 5.22. The van der Waals surface area contributed by atoms with Gasteiger partial charge in [-0.25, -0.2) is 0 Å². The first-order valence-corrected chi connectivity index (χ1v) is 9.82. The first-order valence-electron chi connectivity index (χ1n) is 8.62. The lowest BCUT2D eigenvalue weighted by molar-refractivity contribution is 0.726. The number of nitrogens with zero attached hydrogens (tertiary/aromatic N) is 1. The Bertz CT molecular complexity index is 701. The summed E-state index contributed by atoms with van der Waals surface area (Å²) in [6, 6.07) is 14.8. The molecule has 0 saturated heterocycles. The van der Waals surface area contributed by atoms with E-state index in [0.29, 0.717) is 5.11 Å². The molecule has 0 aliphatic rings. The van der Waals surface area contributed by atoms with Gasteiger partial charge in [-0.1, -0.05) is 33.6 Å². The number of halogens is 1. The summed E-state index contributed by atoms with van der Waals surface area (Å²) in [6.45, 7) is 9.23. The number of hydrogen-bond acceptors (Lipinski definition) is 2. The predicted octanol–water partition coefficient (Wildman–Crippen LogP) is 5.27. The molecule has 0 unspecified atom stereocenters. The van der Waals surface area contributed by atoms with Crippen LogP contribution in [0.3, 0.4) is 0 Å². The molecule has 0 amide bonds. The molecular formula is C20H26BrN3S. The molecule has 0 aromatic heterocycles. The largest absolute Gasteiger partial charge is 0.372 e. The highest BCUT2D eigenvalue weighted by Crippen LogP contribution is 2.20. The van der Waals surface area contributed by atoms with Crippen molar-refractivity contribution in [3.05, 3.63) is 58.1 Å². The van der Waals surface area contributed by atoms with E-state index in [1.807, 2.05) is 12.1 Å². The Kier molecular flexibility index (Phi) is 7.72. The second kappa shape index (κ2) is 9.78. The van der Waals surface area contributed by atoms with Crippen molar-refractivity contribution in [2.75, 3.05) is 29.9 Å². The molecule has 0 heterocycles. The minimum atomic E-state index is 0.667. The highest BCUT2D eigenvalue weighted by molar-refractivity contribution is 9.10. The van der Waals surface area contributed by atoms with Crippen LogP contribution in [-0.4, -0.2) is 24.7 Å². The summed E-state index contributed by atoms with van der Waals surface area (Å²) in [5.74, 6) is 0. The van der Waals surface area contributed by atoms with Crippen LogP contribution < -0.4 is 15.5 Å². The van der Waals surface area contributed by atoms with Crippen LogP contribution in [0.5, 0.6) is 0 Å². The smallest absolute Gasteiger partial charge is 0.170 e. The monoisotopic (exact) mass is 419 g/mol. The van der Waals surface area contributed by atoms with Crippen molar-refractivity contribution in [3.63, 3.8) is 0 Å². The molecule has 0 radical (unpaired) electrons. The van der Waals surface area contributed by atoms with Crippen molar-refractivity contribution < 1.29 is 0 Å². The van der Waals surface area contributed by atoms with E-state index < -0.39 is 0 Å². The van der Waals surface area contributed by atoms with E-state index in [1.54, 1.807) is 0 Å². The SMILES string of the molecule is CCN(CCCNC(=S)Nc1ccc(Br)c(C)c1)c1ccc(C)cc1. The van der Waals surface area contributed by atoms with Gasteiger partial charge >= 0.3 is 0 Å². The highest BCUT2D eigenvalue weighted by Gasteiger charge is 2.04. The van der Waals surface area contributed by atoms with E-state index in [9.17, 15) is 0 Å². The molecule has 2 N–H and O–H groups in total. The van der Waals surface area contributed by atoms with Crippen LogP contribution in [0.4, 0.5) is 11.4 Å². The Hall–Kier alpha value is -1.59. The van der Waals surface area contributed by atoms with Crippen LogP contribution in [0.1, 0.15) is 24.5 Å². The molecule has 0 bridgehead atoms. The standard InChI is InChI=1S/C20H26BrN3S/c1-4-24(18-9-6-15(2)7-10-18)13-5-12-22-20(25)23-17-8-11-19(21)16(3)14-17/h6-11,14H,4-5,12-13H2,1-3H3,(H2,22,23,25). The number of benzene rings is 2. The van der Waals surface area contributed by atoms with Crippen LogP contribution in [0, 0.1) is 13.8 Å². The maximum atomic E-state index is 5.38. The number of hydrogen-bond donors (Lipinski definition) is 2. The molecule has 0 atom stereocenters. The molecule has 0 fully saturated rings. The molecule has 2 aromatic carbocycles. The minimum Gasteiger partial charge on any atom is -0.372 e. The van der Waals surface area contributed by atoms with Crippen molar-refractivity contribution >= 4 is 44.6 Å². The molecule has 0 aliphatic heterocycles. The van der Waals surface area contributed by atoms with Gasteiger partial charge in [0.2, 0.25) is 0 Å². The molecule has 2 aromatic rings. The summed E-state index contributed by atoms with van der Waals surface area (Å²) in [6.07, 6.45) is 1.03. The van der Waals surface area contributed by atoms with Gasteiger partial charge < -0.3 is 15.5 Å².